The largest absolute Gasteiger partial charge is 0.468 e. The van der Waals surface area contributed by atoms with E-state index in [1.165, 1.54) is 11.1 Å². The van der Waals surface area contributed by atoms with Gasteiger partial charge in [-0.25, -0.2) is 0 Å². The number of nitrogens with one attached hydrogen (secondary N) is 2. The fourth-order valence-corrected chi connectivity index (χ4v) is 2.45. The Morgan fingerprint density at radius 2 is 2.06 bits per heavy atom. The van der Waals surface area contributed by atoms with Crippen molar-refractivity contribution in [3.05, 3.63) is 59.5 Å². The van der Waals surface area contributed by atoms with Crippen LogP contribution in [0.25, 0.3) is 0 Å². The molecule has 1 atom stereocenters. The van der Waals surface area contributed by atoms with E-state index in [0.29, 0.717) is 6.04 Å². The first-order valence-electron chi connectivity index (χ1n) is 6.45. The maximum absolute atomic E-state index is 5.30. The summed E-state index contributed by atoms with van der Waals surface area (Å²) in [5.41, 5.74) is 2.90. The van der Waals surface area contributed by atoms with Crippen molar-refractivity contribution < 1.29 is 4.42 Å². The summed E-state index contributed by atoms with van der Waals surface area (Å²) in [5.74, 6) is 0.992. The Labute approximate surface area is 107 Å². The molecular weight excluding hydrogens is 224 g/mol. The number of hydrogen-bond acceptors (Lipinski definition) is 3. The summed E-state index contributed by atoms with van der Waals surface area (Å²) < 4.78 is 5.30. The average molecular weight is 242 g/mol. The molecule has 0 bridgehead atoms. The molecule has 3 nitrogen and oxygen atoms in total. The van der Waals surface area contributed by atoms with E-state index in [0.717, 1.165) is 31.8 Å². The second-order valence-corrected chi connectivity index (χ2v) is 4.76. The summed E-state index contributed by atoms with van der Waals surface area (Å²) in [6, 6.07) is 13.1. The standard InChI is InChI=1S/C15H18N2O/c1-2-5-13-9-17-14(8-12(13)4-1)10-16-11-15-6-3-7-18-15/h1-7,14,16-17H,8-11H2. The molecule has 0 aliphatic carbocycles. The predicted molar refractivity (Wildman–Crippen MR) is 71.2 cm³/mol. The van der Waals surface area contributed by atoms with E-state index in [1.807, 2.05) is 12.1 Å². The molecule has 0 radical (unpaired) electrons. The fraction of sp³-hybridized carbons (Fsp3) is 0.333. The number of rotatable bonds is 4. The molecule has 0 saturated heterocycles. The zero-order chi connectivity index (χ0) is 12.2. The Balaban J connectivity index is 1.51. The van der Waals surface area contributed by atoms with Crippen molar-refractivity contribution in [2.24, 2.45) is 0 Å². The maximum atomic E-state index is 5.30. The van der Waals surface area contributed by atoms with Gasteiger partial charge in [-0.1, -0.05) is 24.3 Å². The van der Waals surface area contributed by atoms with Crippen LogP contribution in [0.1, 0.15) is 16.9 Å². The van der Waals surface area contributed by atoms with Crippen molar-refractivity contribution in [1.29, 1.82) is 0 Å². The van der Waals surface area contributed by atoms with Crippen molar-refractivity contribution in [3.63, 3.8) is 0 Å². The third-order valence-corrected chi connectivity index (χ3v) is 3.44. The van der Waals surface area contributed by atoms with Gasteiger partial charge in [0.1, 0.15) is 5.76 Å². The van der Waals surface area contributed by atoms with E-state index in [9.17, 15) is 0 Å². The molecule has 2 heterocycles. The number of furan rings is 1. The van der Waals surface area contributed by atoms with Crippen LogP contribution in [-0.2, 0) is 19.5 Å². The minimum Gasteiger partial charge on any atom is -0.468 e. The van der Waals surface area contributed by atoms with Crippen LogP contribution in [0.15, 0.2) is 47.1 Å². The maximum Gasteiger partial charge on any atom is 0.117 e. The van der Waals surface area contributed by atoms with E-state index in [1.54, 1.807) is 6.26 Å². The van der Waals surface area contributed by atoms with Gasteiger partial charge in [-0.2, -0.15) is 0 Å². The molecule has 3 rings (SSSR count). The molecule has 18 heavy (non-hydrogen) atoms. The first-order valence-corrected chi connectivity index (χ1v) is 6.45. The fourth-order valence-electron chi connectivity index (χ4n) is 2.45. The minimum atomic E-state index is 0.509. The zero-order valence-corrected chi connectivity index (χ0v) is 10.4. The summed E-state index contributed by atoms with van der Waals surface area (Å²) >= 11 is 0. The van der Waals surface area contributed by atoms with Crippen LogP contribution < -0.4 is 10.6 Å². The lowest BCUT2D eigenvalue weighted by Gasteiger charge is -2.26. The van der Waals surface area contributed by atoms with Crippen molar-refractivity contribution >= 4 is 0 Å². The molecular formula is C15H18N2O. The summed E-state index contributed by atoms with van der Waals surface area (Å²) in [7, 11) is 0. The third-order valence-electron chi connectivity index (χ3n) is 3.44. The van der Waals surface area contributed by atoms with Crippen LogP contribution in [0.2, 0.25) is 0 Å². The molecule has 0 saturated carbocycles. The molecule has 0 amide bonds. The van der Waals surface area contributed by atoms with Crippen LogP contribution in [0.4, 0.5) is 0 Å². The first kappa shape index (κ1) is 11.5. The van der Waals surface area contributed by atoms with Gasteiger partial charge >= 0.3 is 0 Å². The Morgan fingerprint density at radius 3 is 2.89 bits per heavy atom. The van der Waals surface area contributed by atoms with Gasteiger partial charge in [-0.05, 0) is 29.7 Å². The molecule has 0 spiro atoms. The Morgan fingerprint density at radius 1 is 1.17 bits per heavy atom. The van der Waals surface area contributed by atoms with Crippen molar-refractivity contribution in [2.45, 2.75) is 25.6 Å². The molecule has 1 aliphatic rings. The highest BCUT2D eigenvalue weighted by molar-refractivity contribution is 5.29. The highest BCUT2D eigenvalue weighted by Gasteiger charge is 2.16. The predicted octanol–water partition coefficient (Wildman–Crippen LogP) is 2.08. The van der Waals surface area contributed by atoms with Gasteiger partial charge in [0.15, 0.2) is 0 Å². The van der Waals surface area contributed by atoms with E-state index < -0.39 is 0 Å². The molecule has 1 aliphatic heterocycles. The van der Waals surface area contributed by atoms with E-state index >= 15 is 0 Å². The van der Waals surface area contributed by atoms with Crippen molar-refractivity contribution in [1.82, 2.24) is 10.6 Å². The van der Waals surface area contributed by atoms with Crippen LogP contribution in [0, 0.1) is 0 Å². The summed E-state index contributed by atoms with van der Waals surface area (Å²) in [5, 5.41) is 6.99. The first-order chi connectivity index (χ1) is 8.92. The minimum absolute atomic E-state index is 0.509. The van der Waals surface area contributed by atoms with Crippen LogP contribution >= 0.6 is 0 Å². The molecule has 2 N–H and O–H groups in total. The van der Waals surface area contributed by atoms with E-state index in [2.05, 4.69) is 34.9 Å². The van der Waals surface area contributed by atoms with E-state index in [-0.39, 0.29) is 0 Å². The Bertz CT molecular complexity index is 493. The topological polar surface area (TPSA) is 37.2 Å². The number of benzene rings is 1. The van der Waals surface area contributed by atoms with Gasteiger partial charge in [0, 0.05) is 19.1 Å². The van der Waals surface area contributed by atoms with Crippen molar-refractivity contribution in [3.8, 4) is 0 Å². The third kappa shape index (κ3) is 2.63. The highest BCUT2D eigenvalue weighted by atomic mass is 16.3. The number of fused-ring (bicyclic) bond motifs is 1. The van der Waals surface area contributed by atoms with E-state index in [4.69, 9.17) is 4.42 Å². The average Bonchev–Trinajstić information content (AvgIpc) is 2.92. The summed E-state index contributed by atoms with van der Waals surface area (Å²) in [4.78, 5) is 0. The second kappa shape index (κ2) is 5.38. The SMILES string of the molecule is c1coc(CNCC2Cc3ccccc3CN2)c1. The molecule has 0 fully saturated rings. The summed E-state index contributed by atoms with van der Waals surface area (Å²) in [6.07, 6.45) is 2.81. The van der Waals surface area contributed by atoms with Gasteiger partial charge in [0.05, 0.1) is 12.8 Å². The second-order valence-electron chi connectivity index (χ2n) is 4.76. The normalized spacial score (nSPS) is 18.6. The van der Waals surface area contributed by atoms with Gasteiger partial charge in [-0.15, -0.1) is 0 Å². The van der Waals surface area contributed by atoms with Gasteiger partial charge in [0.2, 0.25) is 0 Å². The Kier molecular flexibility index (Phi) is 3.44. The van der Waals surface area contributed by atoms with Crippen LogP contribution in [-0.4, -0.2) is 12.6 Å². The molecule has 2 aromatic rings. The lowest BCUT2D eigenvalue weighted by Crippen LogP contribution is -2.42. The van der Waals surface area contributed by atoms with Gasteiger partial charge in [0.25, 0.3) is 0 Å². The molecule has 1 aromatic heterocycles. The van der Waals surface area contributed by atoms with Crippen LogP contribution in [0.5, 0.6) is 0 Å². The molecule has 94 valence electrons. The molecule has 1 unspecified atom stereocenters. The van der Waals surface area contributed by atoms with Crippen molar-refractivity contribution in [2.75, 3.05) is 6.54 Å². The van der Waals surface area contributed by atoms with Gasteiger partial charge in [-0.3, -0.25) is 0 Å². The lowest BCUT2D eigenvalue weighted by molar-refractivity contribution is 0.425. The van der Waals surface area contributed by atoms with Gasteiger partial charge < -0.3 is 15.1 Å². The smallest absolute Gasteiger partial charge is 0.117 e. The molecule has 3 heteroatoms. The zero-order valence-electron chi connectivity index (χ0n) is 10.4. The lowest BCUT2D eigenvalue weighted by atomic mass is 9.96. The highest BCUT2D eigenvalue weighted by Crippen LogP contribution is 2.15. The molecule has 1 aromatic carbocycles. The Hall–Kier alpha value is -1.58. The van der Waals surface area contributed by atoms with Crippen LogP contribution in [0.3, 0.4) is 0 Å². The monoisotopic (exact) mass is 242 g/mol. The quantitative estimate of drug-likeness (QED) is 0.862. The number of hydrogen-bond donors (Lipinski definition) is 2. The summed E-state index contributed by atoms with van der Waals surface area (Å²) in [6.45, 7) is 2.74.